The molecule has 7 rings (SSSR count). The van der Waals surface area contributed by atoms with Crippen LogP contribution in [0.1, 0.15) is 43.2 Å². The van der Waals surface area contributed by atoms with Crippen molar-refractivity contribution in [1.82, 2.24) is 19.1 Å². The van der Waals surface area contributed by atoms with Gasteiger partial charge in [0, 0.05) is 60.1 Å². The molecule has 2 aromatic heterocycles. The van der Waals surface area contributed by atoms with Crippen LogP contribution in [0.25, 0.3) is 0 Å². The van der Waals surface area contributed by atoms with Crippen LogP contribution in [0.2, 0.25) is 0 Å². The first-order chi connectivity index (χ1) is 31.0. The average molecular weight is 933 g/mol. The van der Waals surface area contributed by atoms with Gasteiger partial charge >= 0.3 is 0 Å². The van der Waals surface area contributed by atoms with Gasteiger partial charge in [-0.2, -0.15) is 26.8 Å². The van der Waals surface area contributed by atoms with Crippen LogP contribution < -0.4 is 33.1 Å². The smallest absolute Gasteiger partial charge is 0.294 e. The minimum absolute atomic E-state index is 0.0666. The quantitative estimate of drug-likeness (QED) is 0.0905. The highest BCUT2D eigenvalue weighted by molar-refractivity contribution is 7.86. The molecule has 66 heavy (non-hydrogen) atoms. The number of aryl methyl sites for hydroxylation is 4. The van der Waals surface area contributed by atoms with Crippen molar-refractivity contribution in [3.05, 3.63) is 178 Å². The lowest BCUT2D eigenvalue weighted by molar-refractivity contribution is 0.101. The van der Waals surface area contributed by atoms with Gasteiger partial charge in [0.05, 0.1) is 21.2 Å². The van der Waals surface area contributed by atoms with Gasteiger partial charge < -0.3 is 31.2 Å². The maximum Gasteiger partial charge on any atom is 0.294 e. The number of benzene rings is 5. The summed E-state index contributed by atoms with van der Waals surface area (Å²) >= 11 is 0. The van der Waals surface area contributed by atoms with E-state index in [0.29, 0.717) is 56.7 Å². The summed E-state index contributed by atoms with van der Waals surface area (Å²) in [7, 11) is -4.37. The zero-order chi connectivity index (χ0) is 48.3. The van der Waals surface area contributed by atoms with E-state index in [-0.39, 0.29) is 21.6 Å². The minimum Gasteiger partial charge on any atom is -0.369 e. The van der Waals surface area contributed by atoms with E-state index < -0.39 is 20.2 Å². The van der Waals surface area contributed by atoms with Crippen LogP contribution >= 0.6 is 0 Å². The van der Waals surface area contributed by atoms with Crippen LogP contribution in [0.5, 0.6) is 0 Å². The Morgan fingerprint density at radius 3 is 1.09 bits per heavy atom. The molecule has 0 atom stereocenters. The molecular weight excluding hydrogens is 885 g/mol. The Morgan fingerprint density at radius 1 is 0.515 bits per heavy atom. The van der Waals surface area contributed by atoms with Crippen molar-refractivity contribution in [3.8, 4) is 0 Å². The van der Waals surface area contributed by atoms with Crippen LogP contribution in [0.15, 0.2) is 153 Å². The number of rotatable bonds is 8. The summed E-state index contributed by atoms with van der Waals surface area (Å²) in [6.45, 7) is 7.53. The van der Waals surface area contributed by atoms with Gasteiger partial charge in [-0.1, -0.05) is 35.4 Å². The number of aromatic nitrogens is 4. The molecule has 0 aliphatic carbocycles. The standard InChI is InChI=1S/C32H32N10O2.2C7H8O3S/c1-19-17-27(39-31(33)41(19)3)35-23-9-13-25(14-10-23)37-29(43)21-5-7-22(8-6-21)30(44)38-26-15-11-24(12-16-26)36-28-18-20(2)42(4)32(34)40-28;2*1-6-2-4-7(5-3-6)11(8,9)10/h5-18H,1-4H3,(H,37,43)(H,38,44)(H2,33,35,39)(H2,34,36,40);2*2-5H,1H3,(H,8,9,10). The third-order valence-electron chi connectivity index (χ3n) is 9.66. The zero-order valence-corrected chi connectivity index (χ0v) is 38.3. The van der Waals surface area contributed by atoms with E-state index >= 15 is 0 Å². The summed E-state index contributed by atoms with van der Waals surface area (Å²) in [4.78, 5) is 43.0. The summed E-state index contributed by atoms with van der Waals surface area (Å²) < 4.78 is 62.6. The number of carbonyl (C=O) groups excluding carboxylic acids is 2. The molecule has 20 heteroatoms. The van der Waals surface area contributed by atoms with E-state index in [1.807, 2.05) is 53.9 Å². The molecule has 0 aliphatic heterocycles. The average Bonchev–Trinajstić information content (AvgIpc) is 3.26. The van der Waals surface area contributed by atoms with Gasteiger partial charge in [0.2, 0.25) is 11.9 Å². The van der Waals surface area contributed by atoms with Crippen LogP contribution in [0, 0.1) is 27.7 Å². The lowest BCUT2D eigenvalue weighted by Gasteiger charge is -2.08. The van der Waals surface area contributed by atoms with Gasteiger partial charge in [0.25, 0.3) is 32.1 Å². The first-order valence-electron chi connectivity index (χ1n) is 19.8. The molecule has 0 aliphatic rings. The van der Waals surface area contributed by atoms with E-state index in [0.717, 1.165) is 22.5 Å². The van der Waals surface area contributed by atoms with Gasteiger partial charge in [0.15, 0.2) is 11.0 Å². The topological polar surface area (TPSA) is 279 Å². The number of hydrogen-bond acceptors (Lipinski definition) is 12. The Bertz CT molecular complexity index is 2960. The predicted octanol–water partition coefficient (Wildman–Crippen LogP) is 6.39. The van der Waals surface area contributed by atoms with Crippen LogP contribution in [-0.4, -0.2) is 56.9 Å². The van der Waals surface area contributed by atoms with Crippen LogP contribution in [0.4, 0.5) is 34.6 Å². The number of amides is 2. The summed E-state index contributed by atoms with van der Waals surface area (Å²) in [5.41, 5.74) is 20.0. The fraction of sp³-hybridized carbons (Fsp3) is 0.130. The molecule has 0 radical (unpaired) electrons. The first kappa shape index (κ1) is 49.2. The normalized spacial score (nSPS) is 11.7. The first-order valence-corrected chi connectivity index (χ1v) is 22.6. The molecule has 2 heterocycles. The molecule has 0 saturated heterocycles. The maximum atomic E-state index is 12.8. The lowest BCUT2D eigenvalue weighted by Crippen LogP contribution is -2.17. The summed E-state index contributed by atoms with van der Waals surface area (Å²) in [6, 6.07) is 36.2. The Labute approximate surface area is 381 Å². The van der Waals surface area contributed by atoms with E-state index in [2.05, 4.69) is 30.6 Å². The monoisotopic (exact) mass is 932 g/mol. The predicted molar refractivity (Wildman–Crippen MR) is 252 cm³/mol. The molecular formula is C46H48N10O8S2. The number of anilines is 4. The Hall–Kier alpha value is -7.78. The second-order valence-electron chi connectivity index (χ2n) is 14.7. The van der Waals surface area contributed by atoms with Crippen molar-refractivity contribution in [1.29, 1.82) is 0 Å². The minimum atomic E-state index is -4.02. The fourth-order valence-corrected chi connectivity index (χ4v) is 6.56. The molecule has 0 bridgehead atoms. The van der Waals surface area contributed by atoms with E-state index in [1.165, 1.54) is 24.3 Å². The zero-order valence-electron chi connectivity index (χ0n) is 36.7. The highest BCUT2D eigenvalue weighted by Gasteiger charge is 2.11. The van der Waals surface area contributed by atoms with E-state index in [1.54, 1.807) is 106 Å². The molecule has 0 saturated carbocycles. The molecule has 7 aromatic rings. The van der Waals surface area contributed by atoms with Crippen molar-refractivity contribution in [2.45, 2.75) is 37.5 Å². The summed E-state index contributed by atoms with van der Waals surface area (Å²) in [5.74, 6) is 0.130. The molecule has 0 unspecified atom stereocenters. The van der Waals surface area contributed by atoms with Gasteiger partial charge in [-0.05, 0) is 125 Å². The third-order valence-corrected chi connectivity index (χ3v) is 11.4. The maximum absolute atomic E-state index is 12.8. The second kappa shape index (κ2) is 21.3. The van der Waals surface area contributed by atoms with E-state index in [4.69, 9.17) is 20.6 Å². The molecule has 18 nitrogen and oxygen atoms in total. The van der Waals surface area contributed by atoms with Crippen LogP contribution in [0.3, 0.4) is 0 Å². The molecule has 2 amide bonds. The second-order valence-corrected chi connectivity index (χ2v) is 17.6. The summed E-state index contributed by atoms with van der Waals surface area (Å²) in [6.07, 6.45) is 0. The van der Waals surface area contributed by atoms with Gasteiger partial charge in [-0.3, -0.25) is 18.7 Å². The molecule has 342 valence electrons. The fourth-order valence-electron chi connectivity index (χ4n) is 5.60. The summed E-state index contributed by atoms with van der Waals surface area (Å²) in [5, 5.41) is 5.71. The van der Waals surface area contributed by atoms with Gasteiger partial charge in [0.1, 0.15) is 0 Å². The molecule has 0 spiro atoms. The molecule has 8 N–H and O–H groups in total. The number of nitrogen functional groups attached to an aromatic ring is 2. The number of nitrogens with two attached hydrogens (primary N) is 2. The Morgan fingerprint density at radius 2 is 0.818 bits per heavy atom. The number of nitrogens with zero attached hydrogens (tertiary/aromatic N) is 6. The van der Waals surface area contributed by atoms with Crippen molar-refractivity contribution < 1.29 is 35.5 Å². The van der Waals surface area contributed by atoms with Crippen molar-refractivity contribution in [2.24, 2.45) is 24.1 Å². The van der Waals surface area contributed by atoms with Crippen LogP contribution in [-0.2, 0) is 34.3 Å². The van der Waals surface area contributed by atoms with Crippen molar-refractivity contribution in [3.63, 3.8) is 0 Å². The highest BCUT2D eigenvalue weighted by atomic mass is 32.2. The largest absolute Gasteiger partial charge is 0.369 e. The molecule has 0 fully saturated rings. The number of carbonyl (C=O) groups is 2. The number of hydrogen-bond donors (Lipinski definition) is 6. The van der Waals surface area contributed by atoms with E-state index in [9.17, 15) is 26.4 Å². The van der Waals surface area contributed by atoms with Gasteiger partial charge in [-0.25, -0.2) is 9.98 Å². The van der Waals surface area contributed by atoms with Crippen molar-refractivity contribution >= 4 is 66.7 Å². The lowest BCUT2D eigenvalue weighted by atomic mass is 10.1. The Kier molecular flexibility index (Phi) is 15.9. The molecule has 5 aromatic carbocycles. The number of nitrogens with one attached hydrogen (secondary N) is 2. The van der Waals surface area contributed by atoms with Crippen molar-refractivity contribution in [2.75, 3.05) is 22.1 Å². The third kappa shape index (κ3) is 14.1. The SMILES string of the molecule is Cc1cc(=Nc2ccc(NC(=O)c3ccc(C(=O)Nc4ccc(N=c5cc(C)n(C)c(N)n5)cc4)cc3)cc2)nc(N)n1C.Cc1ccc(S(=O)(=O)O)cc1.Cc1ccc(S(=O)(=O)O)cc1. The Balaban J connectivity index is 0.000000301. The van der Waals surface area contributed by atoms with Gasteiger partial charge in [-0.15, -0.1) is 0 Å². The highest BCUT2D eigenvalue weighted by Crippen LogP contribution is 2.19.